The van der Waals surface area contributed by atoms with Crippen molar-refractivity contribution in [3.63, 3.8) is 0 Å². The molecule has 0 fully saturated rings. The summed E-state index contributed by atoms with van der Waals surface area (Å²) in [5.41, 5.74) is 0. The van der Waals surface area contributed by atoms with Gasteiger partial charge >= 0.3 is 0 Å². The Morgan fingerprint density at radius 3 is 3.00 bits per heavy atom. The van der Waals surface area contributed by atoms with Gasteiger partial charge in [-0.25, -0.2) is 4.98 Å². The van der Waals surface area contributed by atoms with Crippen LogP contribution in [0.5, 0.6) is 0 Å². The number of rotatable bonds is 3. The number of nitrogens with zero attached hydrogens (tertiary/aromatic N) is 1. The van der Waals surface area contributed by atoms with Crippen LogP contribution in [-0.2, 0) is 0 Å². The Balaban J connectivity index is 2.57. The Kier molecular flexibility index (Phi) is 3.72. The SMILES string of the molecule is CNC(C)/C=C/c1ncc(Cl)s1. The Morgan fingerprint density at radius 1 is 1.75 bits per heavy atom. The fourth-order valence-electron chi connectivity index (χ4n) is 0.667. The number of thiazole rings is 1. The van der Waals surface area contributed by atoms with Gasteiger partial charge < -0.3 is 5.32 Å². The van der Waals surface area contributed by atoms with E-state index in [0.29, 0.717) is 6.04 Å². The normalized spacial score (nSPS) is 13.9. The van der Waals surface area contributed by atoms with Crippen molar-refractivity contribution in [2.24, 2.45) is 0 Å². The second-order valence-corrected chi connectivity index (χ2v) is 4.13. The molecule has 0 saturated heterocycles. The standard InChI is InChI=1S/C8H11ClN2S/c1-6(10-2)3-4-8-11-5-7(9)12-8/h3-6,10H,1-2H3/b4-3+. The van der Waals surface area contributed by atoms with Gasteiger partial charge in [0.25, 0.3) is 0 Å². The molecule has 0 aliphatic carbocycles. The number of hydrogen-bond acceptors (Lipinski definition) is 3. The third kappa shape index (κ3) is 2.93. The molecule has 0 aromatic carbocycles. The highest BCUT2D eigenvalue weighted by molar-refractivity contribution is 7.16. The van der Waals surface area contributed by atoms with Crippen LogP contribution in [0.25, 0.3) is 6.08 Å². The maximum absolute atomic E-state index is 5.72. The lowest BCUT2D eigenvalue weighted by Gasteiger charge is -2.00. The monoisotopic (exact) mass is 202 g/mol. The topological polar surface area (TPSA) is 24.9 Å². The summed E-state index contributed by atoms with van der Waals surface area (Å²) in [7, 11) is 1.92. The highest BCUT2D eigenvalue weighted by atomic mass is 35.5. The molecule has 66 valence electrons. The largest absolute Gasteiger partial charge is 0.314 e. The van der Waals surface area contributed by atoms with Crippen molar-refractivity contribution in [2.75, 3.05) is 7.05 Å². The molecule has 0 aliphatic heterocycles. The lowest BCUT2D eigenvalue weighted by Crippen LogP contribution is -2.17. The molecular formula is C8H11ClN2S. The van der Waals surface area contributed by atoms with Crippen LogP contribution >= 0.6 is 22.9 Å². The van der Waals surface area contributed by atoms with E-state index < -0.39 is 0 Å². The van der Waals surface area contributed by atoms with Gasteiger partial charge in [-0.15, -0.1) is 11.3 Å². The van der Waals surface area contributed by atoms with Gasteiger partial charge in [-0.05, 0) is 20.0 Å². The number of nitrogens with one attached hydrogen (secondary N) is 1. The molecule has 0 spiro atoms. The summed E-state index contributed by atoms with van der Waals surface area (Å²) in [5.74, 6) is 0. The zero-order valence-electron chi connectivity index (χ0n) is 7.04. The highest BCUT2D eigenvalue weighted by Gasteiger charge is 1.95. The molecule has 1 aromatic rings. The van der Waals surface area contributed by atoms with Gasteiger partial charge in [0.05, 0.1) is 6.20 Å². The molecule has 1 rings (SSSR count). The first-order valence-corrected chi connectivity index (χ1v) is 4.88. The van der Waals surface area contributed by atoms with E-state index >= 15 is 0 Å². The minimum Gasteiger partial charge on any atom is -0.314 e. The van der Waals surface area contributed by atoms with Crippen molar-refractivity contribution in [2.45, 2.75) is 13.0 Å². The van der Waals surface area contributed by atoms with Crippen molar-refractivity contribution in [3.05, 3.63) is 21.6 Å². The molecule has 0 amide bonds. The minimum absolute atomic E-state index is 0.368. The van der Waals surface area contributed by atoms with Gasteiger partial charge in [0.15, 0.2) is 0 Å². The lowest BCUT2D eigenvalue weighted by molar-refractivity contribution is 0.731. The van der Waals surface area contributed by atoms with E-state index in [1.165, 1.54) is 11.3 Å². The van der Waals surface area contributed by atoms with Crippen LogP contribution < -0.4 is 5.32 Å². The second-order valence-electron chi connectivity index (χ2n) is 2.44. The van der Waals surface area contributed by atoms with E-state index in [0.717, 1.165) is 9.34 Å². The van der Waals surface area contributed by atoms with Gasteiger partial charge in [-0.1, -0.05) is 17.7 Å². The summed E-state index contributed by atoms with van der Waals surface area (Å²) in [6, 6.07) is 0.368. The van der Waals surface area contributed by atoms with Crippen LogP contribution in [-0.4, -0.2) is 18.1 Å². The third-order valence-corrected chi connectivity index (χ3v) is 2.56. The van der Waals surface area contributed by atoms with Crippen molar-refractivity contribution < 1.29 is 0 Å². The molecule has 1 atom stereocenters. The summed E-state index contributed by atoms with van der Waals surface area (Å²) in [6.07, 6.45) is 5.68. The molecule has 4 heteroatoms. The fourth-order valence-corrected chi connectivity index (χ4v) is 1.51. The quantitative estimate of drug-likeness (QED) is 0.815. The molecule has 1 heterocycles. The predicted molar refractivity (Wildman–Crippen MR) is 54.7 cm³/mol. The zero-order valence-corrected chi connectivity index (χ0v) is 8.62. The maximum atomic E-state index is 5.72. The molecule has 0 aliphatic rings. The Hall–Kier alpha value is -0.380. The van der Waals surface area contributed by atoms with Gasteiger partial charge in [0, 0.05) is 6.04 Å². The molecular weight excluding hydrogens is 192 g/mol. The zero-order chi connectivity index (χ0) is 8.97. The van der Waals surface area contributed by atoms with Gasteiger partial charge in [0.2, 0.25) is 0 Å². The number of aromatic nitrogens is 1. The highest BCUT2D eigenvalue weighted by Crippen LogP contribution is 2.19. The van der Waals surface area contributed by atoms with Crippen molar-refractivity contribution in [1.29, 1.82) is 0 Å². The second kappa shape index (κ2) is 4.60. The number of likely N-dealkylation sites (N-methyl/N-ethyl adjacent to an activating group) is 1. The van der Waals surface area contributed by atoms with Gasteiger partial charge in [-0.3, -0.25) is 0 Å². The molecule has 0 bridgehead atoms. The average molecular weight is 203 g/mol. The molecule has 12 heavy (non-hydrogen) atoms. The molecule has 0 radical (unpaired) electrons. The van der Waals surface area contributed by atoms with Crippen molar-refractivity contribution in [1.82, 2.24) is 10.3 Å². The Morgan fingerprint density at radius 2 is 2.50 bits per heavy atom. The Labute approximate surface area is 81.3 Å². The maximum Gasteiger partial charge on any atom is 0.117 e. The van der Waals surface area contributed by atoms with Crippen LogP contribution in [0.3, 0.4) is 0 Å². The van der Waals surface area contributed by atoms with Crippen molar-refractivity contribution >= 4 is 29.0 Å². The molecule has 1 N–H and O–H groups in total. The first-order chi connectivity index (χ1) is 5.72. The van der Waals surface area contributed by atoms with Crippen LogP contribution in [0.1, 0.15) is 11.9 Å². The summed E-state index contributed by atoms with van der Waals surface area (Å²) < 4.78 is 0.728. The first kappa shape index (κ1) is 9.71. The van der Waals surface area contributed by atoms with E-state index in [2.05, 4.69) is 23.3 Å². The summed E-state index contributed by atoms with van der Waals surface area (Å²) in [4.78, 5) is 4.09. The van der Waals surface area contributed by atoms with E-state index in [-0.39, 0.29) is 0 Å². The molecule has 2 nitrogen and oxygen atoms in total. The summed E-state index contributed by atoms with van der Waals surface area (Å²) >= 11 is 7.20. The van der Waals surface area contributed by atoms with Crippen LogP contribution in [0.4, 0.5) is 0 Å². The predicted octanol–water partition coefficient (Wildman–Crippen LogP) is 2.42. The minimum atomic E-state index is 0.368. The number of hydrogen-bond donors (Lipinski definition) is 1. The third-order valence-electron chi connectivity index (χ3n) is 1.48. The fraction of sp³-hybridized carbons (Fsp3) is 0.375. The average Bonchev–Trinajstić information content (AvgIpc) is 2.47. The van der Waals surface area contributed by atoms with E-state index in [1.807, 2.05) is 13.1 Å². The summed E-state index contributed by atoms with van der Waals surface area (Å²) in [6.45, 7) is 2.08. The van der Waals surface area contributed by atoms with Crippen LogP contribution in [0.15, 0.2) is 12.3 Å². The summed E-state index contributed by atoms with van der Waals surface area (Å²) in [5, 5.41) is 4.05. The molecule has 1 aromatic heterocycles. The number of halogens is 1. The van der Waals surface area contributed by atoms with Gasteiger partial charge in [0.1, 0.15) is 9.34 Å². The van der Waals surface area contributed by atoms with Crippen LogP contribution in [0.2, 0.25) is 4.34 Å². The van der Waals surface area contributed by atoms with Crippen LogP contribution in [0, 0.1) is 0 Å². The lowest BCUT2D eigenvalue weighted by atomic mass is 10.3. The van der Waals surface area contributed by atoms with E-state index in [4.69, 9.17) is 11.6 Å². The molecule has 0 saturated carbocycles. The van der Waals surface area contributed by atoms with Gasteiger partial charge in [-0.2, -0.15) is 0 Å². The van der Waals surface area contributed by atoms with Crippen molar-refractivity contribution in [3.8, 4) is 0 Å². The van der Waals surface area contributed by atoms with E-state index in [9.17, 15) is 0 Å². The first-order valence-electron chi connectivity index (χ1n) is 3.69. The Bertz CT molecular complexity index is 270. The van der Waals surface area contributed by atoms with E-state index in [1.54, 1.807) is 6.20 Å². The smallest absolute Gasteiger partial charge is 0.117 e. The molecule has 1 unspecified atom stereocenters.